The predicted octanol–water partition coefficient (Wildman–Crippen LogP) is 3.42. The number of rotatable bonds is 7. The predicted molar refractivity (Wildman–Crippen MR) is 104 cm³/mol. The lowest BCUT2D eigenvalue weighted by Gasteiger charge is -2.20. The molecule has 1 aromatic carbocycles. The molecule has 0 amide bonds. The van der Waals surface area contributed by atoms with Gasteiger partial charge in [-0.3, -0.25) is 14.1 Å². The summed E-state index contributed by atoms with van der Waals surface area (Å²) in [6, 6.07) is 13.6. The van der Waals surface area contributed by atoms with Crippen LogP contribution in [0.1, 0.15) is 30.7 Å². The number of ether oxygens (including phenoxy) is 1. The Hall–Kier alpha value is -2.66. The van der Waals surface area contributed by atoms with Crippen LogP contribution in [-0.4, -0.2) is 27.4 Å². The number of aryl methyl sites for hydroxylation is 1. The zero-order valence-electron chi connectivity index (χ0n) is 15.6. The van der Waals surface area contributed by atoms with E-state index < -0.39 is 0 Å². The van der Waals surface area contributed by atoms with Crippen molar-refractivity contribution in [1.29, 1.82) is 0 Å². The Morgan fingerprint density at radius 1 is 1.08 bits per heavy atom. The minimum absolute atomic E-state index is 0.0397. The summed E-state index contributed by atoms with van der Waals surface area (Å²) < 4.78 is 7.07. The molecule has 0 radical (unpaired) electrons. The molecule has 0 saturated carbocycles. The van der Waals surface area contributed by atoms with E-state index in [1.165, 1.54) is 5.56 Å². The standard InChI is InChI=1S/C21H25N3O2/c1-4-23(14-17-6-8-19(9-7-17)26-5-2)15-18-13-21(25)24-11-10-16(3)12-20(24)22-18/h6-13H,4-5,14-15H2,1-3H3. The lowest BCUT2D eigenvalue weighted by Crippen LogP contribution is -2.25. The third-order valence-corrected chi connectivity index (χ3v) is 4.35. The molecule has 0 unspecified atom stereocenters. The summed E-state index contributed by atoms with van der Waals surface area (Å²) in [5.74, 6) is 0.888. The number of hydrogen-bond donors (Lipinski definition) is 0. The summed E-state index contributed by atoms with van der Waals surface area (Å²) in [6.45, 7) is 9.09. The van der Waals surface area contributed by atoms with Crippen LogP contribution in [0.25, 0.3) is 5.65 Å². The molecule has 0 N–H and O–H groups in total. The zero-order valence-corrected chi connectivity index (χ0v) is 15.6. The van der Waals surface area contributed by atoms with E-state index in [4.69, 9.17) is 4.74 Å². The lowest BCUT2D eigenvalue weighted by atomic mass is 10.2. The Kier molecular flexibility index (Phi) is 5.68. The number of nitrogens with zero attached hydrogens (tertiary/aromatic N) is 3. The maximum Gasteiger partial charge on any atom is 0.258 e. The molecular weight excluding hydrogens is 326 g/mol. The second kappa shape index (κ2) is 8.15. The summed E-state index contributed by atoms with van der Waals surface area (Å²) in [4.78, 5) is 19.3. The van der Waals surface area contributed by atoms with Crippen molar-refractivity contribution in [1.82, 2.24) is 14.3 Å². The maximum atomic E-state index is 12.3. The summed E-state index contributed by atoms with van der Waals surface area (Å²) in [5.41, 5.74) is 3.76. The molecule has 0 spiro atoms. The summed E-state index contributed by atoms with van der Waals surface area (Å²) in [5, 5.41) is 0. The molecule has 0 fully saturated rings. The normalized spacial score (nSPS) is 11.2. The van der Waals surface area contributed by atoms with Crippen LogP contribution < -0.4 is 10.3 Å². The summed E-state index contributed by atoms with van der Waals surface area (Å²) >= 11 is 0. The van der Waals surface area contributed by atoms with E-state index >= 15 is 0 Å². The van der Waals surface area contributed by atoms with Gasteiger partial charge in [0.15, 0.2) is 0 Å². The van der Waals surface area contributed by atoms with Crippen LogP contribution in [0.3, 0.4) is 0 Å². The average Bonchev–Trinajstić information content (AvgIpc) is 2.62. The molecule has 0 atom stereocenters. The van der Waals surface area contributed by atoms with Crippen molar-refractivity contribution >= 4 is 5.65 Å². The van der Waals surface area contributed by atoms with Gasteiger partial charge in [0.2, 0.25) is 0 Å². The second-order valence-corrected chi connectivity index (χ2v) is 6.40. The van der Waals surface area contributed by atoms with Crippen molar-refractivity contribution in [3.8, 4) is 5.75 Å². The van der Waals surface area contributed by atoms with Crippen molar-refractivity contribution in [3.63, 3.8) is 0 Å². The Balaban J connectivity index is 1.77. The highest BCUT2D eigenvalue weighted by atomic mass is 16.5. The number of benzene rings is 1. The Morgan fingerprint density at radius 3 is 2.54 bits per heavy atom. The van der Waals surface area contributed by atoms with Crippen molar-refractivity contribution in [2.45, 2.75) is 33.9 Å². The van der Waals surface area contributed by atoms with Gasteiger partial charge in [-0.1, -0.05) is 19.1 Å². The number of hydrogen-bond acceptors (Lipinski definition) is 4. The van der Waals surface area contributed by atoms with Crippen LogP contribution in [0.15, 0.2) is 53.5 Å². The fraction of sp³-hybridized carbons (Fsp3) is 0.333. The third kappa shape index (κ3) is 4.29. The van der Waals surface area contributed by atoms with Gasteiger partial charge in [-0.05, 0) is 55.8 Å². The molecule has 26 heavy (non-hydrogen) atoms. The van der Waals surface area contributed by atoms with E-state index in [1.54, 1.807) is 16.7 Å². The highest BCUT2D eigenvalue weighted by Gasteiger charge is 2.09. The maximum absolute atomic E-state index is 12.3. The number of pyridine rings is 1. The first kappa shape index (κ1) is 18.1. The van der Waals surface area contributed by atoms with Gasteiger partial charge in [0.1, 0.15) is 11.4 Å². The molecular formula is C21H25N3O2. The summed E-state index contributed by atoms with van der Waals surface area (Å²) in [6.07, 6.45) is 1.78. The van der Waals surface area contributed by atoms with Crippen molar-refractivity contribution in [3.05, 3.63) is 75.8 Å². The number of fused-ring (bicyclic) bond motifs is 1. The third-order valence-electron chi connectivity index (χ3n) is 4.35. The van der Waals surface area contributed by atoms with Gasteiger partial charge in [0.05, 0.1) is 12.3 Å². The number of aromatic nitrogens is 2. The van der Waals surface area contributed by atoms with Crippen molar-refractivity contribution in [2.75, 3.05) is 13.2 Å². The highest BCUT2D eigenvalue weighted by Crippen LogP contribution is 2.15. The molecule has 5 heteroatoms. The van der Waals surface area contributed by atoms with E-state index in [0.29, 0.717) is 18.8 Å². The summed E-state index contributed by atoms with van der Waals surface area (Å²) in [7, 11) is 0. The van der Waals surface area contributed by atoms with Gasteiger partial charge >= 0.3 is 0 Å². The van der Waals surface area contributed by atoms with Crippen molar-refractivity contribution in [2.24, 2.45) is 0 Å². The molecule has 0 aliphatic heterocycles. The topological polar surface area (TPSA) is 46.8 Å². The van der Waals surface area contributed by atoms with Gasteiger partial charge in [0, 0.05) is 25.4 Å². The fourth-order valence-corrected chi connectivity index (χ4v) is 2.96. The molecule has 136 valence electrons. The van der Waals surface area contributed by atoms with Crippen LogP contribution in [-0.2, 0) is 13.1 Å². The SMILES string of the molecule is CCOc1ccc(CN(CC)Cc2cc(=O)n3ccc(C)cc3n2)cc1. The zero-order chi connectivity index (χ0) is 18.5. The van der Waals surface area contributed by atoms with Gasteiger partial charge in [-0.2, -0.15) is 0 Å². The molecule has 5 nitrogen and oxygen atoms in total. The first-order chi connectivity index (χ1) is 12.6. The molecule has 0 bridgehead atoms. The van der Waals surface area contributed by atoms with E-state index in [0.717, 1.165) is 30.1 Å². The van der Waals surface area contributed by atoms with Crippen LogP contribution in [0.2, 0.25) is 0 Å². The lowest BCUT2D eigenvalue weighted by molar-refractivity contribution is 0.268. The molecule has 3 aromatic rings. The van der Waals surface area contributed by atoms with Crippen LogP contribution in [0.4, 0.5) is 0 Å². The van der Waals surface area contributed by atoms with Gasteiger partial charge in [-0.15, -0.1) is 0 Å². The largest absolute Gasteiger partial charge is 0.494 e. The van der Waals surface area contributed by atoms with E-state index in [1.807, 2.05) is 38.1 Å². The van der Waals surface area contributed by atoms with Crippen molar-refractivity contribution < 1.29 is 4.74 Å². The van der Waals surface area contributed by atoms with Crippen LogP contribution in [0.5, 0.6) is 5.75 Å². The molecule has 3 rings (SSSR count). The molecule has 0 aliphatic rings. The Bertz CT molecular complexity index is 932. The Labute approximate surface area is 153 Å². The van der Waals surface area contributed by atoms with Gasteiger partial charge in [0.25, 0.3) is 5.56 Å². The second-order valence-electron chi connectivity index (χ2n) is 6.40. The van der Waals surface area contributed by atoms with E-state index in [-0.39, 0.29) is 5.56 Å². The Morgan fingerprint density at radius 2 is 1.85 bits per heavy atom. The first-order valence-corrected chi connectivity index (χ1v) is 9.02. The van der Waals surface area contributed by atoms with Gasteiger partial charge in [-0.25, -0.2) is 4.98 Å². The quantitative estimate of drug-likeness (QED) is 0.654. The van der Waals surface area contributed by atoms with Crippen LogP contribution >= 0.6 is 0 Å². The minimum Gasteiger partial charge on any atom is -0.494 e. The molecule has 2 aromatic heterocycles. The average molecular weight is 351 g/mol. The van der Waals surface area contributed by atoms with Crippen LogP contribution in [0, 0.1) is 6.92 Å². The molecule has 0 saturated heterocycles. The van der Waals surface area contributed by atoms with E-state index in [9.17, 15) is 4.79 Å². The first-order valence-electron chi connectivity index (χ1n) is 9.02. The monoisotopic (exact) mass is 351 g/mol. The smallest absolute Gasteiger partial charge is 0.258 e. The van der Waals surface area contributed by atoms with E-state index in [2.05, 4.69) is 28.9 Å². The fourth-order valence-electron chi connectivity index (χ4n) is 2.96. The molecule has 0 aliphatic carbocycles. The highest BCUT2D eigenvalue weighted by molar-refractivity contribution is 5.41. The molecule has 2 heterocycles. The van der Waals surface area contributed by atoms with Gasteiger partial charge < -0.3 is 4.74 Å². The minimum atomic E-state index is -0.0397.